The second-order valence-electron chi connectivity index (χ2n) is 7.37. The van der Waals surface area contributed by atoms with Gasteiger partial charge in [-0.25, -0.2) is 9.97 Å². The largest absolute Gasteiger partial charge is 0.370 e. The average molecular weight is 376 g/mol. The van der Waals surface area contributed by atoms with E-state index in [1.807, 2.05) is 6.26 Å². The Hall–Kier alpha value is -1.44. The first-order valence-corrected chi connectivity index (χ1v) is 10.4. The van der Waals surface area contributed by atoms with Crippen LogP contribution in [0, 0.1) is 0 Å². The Labute approximate surface area is 154 Å². The topological polar surface area (TPSA) is 67.9 Å². The van der Waals surface area contributed by atoms with Gasteiger partial charge in [-0.2, -0.15) is 0 Å². The van der Waals surface area contributed by atoms with Gasteiger partial charge in [-0.1, -0.05) is 25.6 Å². The molecule has 25 heavy (non-hydrogen) atoms. The molecule has 7 heteroatoms. The summed E-state index contributed by atoms with van der Waals surface area (Å²) < 4.78 is 6.72. The highest BCUT2D eigenvalue weighted by atomic mass is 32.2. The van der Waals surface area contributed by atoms with E-state index in [4.69, 9.17) is 14.7 Å². The van der Waals surface area contributed by atoms with Gasteiger partial charge in [0.25, 0.3) is 5.56 Å². The van der Waals surface area contributed by atoms with Crippen molar-refractivity contribution in [1.82, 2.24) is 15.0 Å². The van der Waals surface area contributed by atoms with Crippen molar-refractivity contribution in [3.8, 4) is 0 Å². The summed E-state index contributed by atoms with van der Waals surface area (Å²) in [7, 11) is 0. The van der Waals surface area contributed by atoms with Gasteiger partial charge in [0, 0.05) is 17.4 Å². The normalized spacial score (nSPS) is 16.7. The van der Waals surface area contributed by atoms with Crippen LogP contribution in [0.2, 0.25) is 0 Å². The molecule has 3 aromatic heterocycles. The quantitative estimate of drug-likeness (QED) is 0.536. The number of hydrogen-bond acceptors (Lipinski definition) is 6. The summed E-state index contributed by atoms with van der Waals surface area (Å²) in [6.45, 7) is 9.09. The summed E-state index contributed by atoms with van der Waals surface area (Å²) in [5.74, 6) is 0.307. The first-order chi connectivity index (χ1) is 11.8. The number of aromatic amines is 1. The van der Waals surface area contributed by atoms with Crippen LogP contribution < -0.4 is 5.56 Å². The molecule has 0 aromatic carbocycles. The van der Waals surface area contributed by atoms with E-state index in [0.717, 1.165) is 27.8 Å². The third-order valence-corrected chi connectivity index (χ3v) is 6.30. The molecule has 0 bridgehead atoms. The number of nitrogens with zero attached hydrogens (tertiary/aromatic N) is 2. The number of nitrogens with one attached hydrogen (secondary N) is 1. The molecule has 4 heterocycles. The Morgan fingerprint density at radius 3 is 2.72 bits per heavy atom. The van der Waals surface area contributed by atoms with E-state index in [2.05, 4.69) is 32.7 Å². The maximum atomic E-state index is 12.5. The van der Waals surface area contributed by atoms with E-state index in [0.29, 0.717) is 22.4 Å². The molecule has 0 unspecified atom stereocenters. The fourth-order valence-corrected chi connectivity index (χ4v) is 4.89. The Morgan fingerprint density at radius 1 is 1.28 bits per heavy atom. The maximum absolute atomic E-state index is 12.5. The number of hydrogen-bond donors (Lipinski definition) is 1. The number of H-pyrrole nitrogens is 1. The molecule has 5 nitrogen and oxygen atoms in total. The van der Waals surface area contributed by atoms with Gasteiger partial charge in [0.1, 0.15) is 9.53 Å². The Bertz CT molecular complexity index is 1050. The van der Waals surface area contributed by atoms with Crippen molar-refractivity contribution in [1.29, 1.82) is 0 Å². The second kappa shape index (κ2) is 5.79. The molecule has 0 atom stereocenters. The van der Waals surface area contributed by atoms with Gasteiger partial charge in [0.15, 0.2) is 5.16 Å². The molecule has 3 aromatic rings. The zero-order valence-electron chi connectivity index (χ0n) is 15.0. The molecular weight excluding hydrogens is 354 g/mol. The Balaban J connectivity index is 2.16. The number of thiophene rings is 1. The van der Waals surface area contributed by atoms with Gasteiger partial charge in [-0.05, 0) is 31.6 Å². The first kappa shape index (κ1) is 17.0. The van der Waals surface area contributed by atoms with E-state index in [-0.39, 0.29) is 11.2 Å². The molecular formula is C18H21N3O2S2. The first-order valence-electron chi connectivity index (χ1n) is 8.37. The molecule has 0 radical (unpaired) electrons. The number of ether oxygens (including phenoxy) is 1. The molecule has 4 rings (SSSR count). The smallest absolute Gasteiger partial charge is 0.269 e. The summed E-state index contributed by atoms with van der Waals surface area (Å²) in [6.07, 6.45) is 2.72. The van der Waals surface area contributed by atoms with Crippen molar-refractivity contribution in [3.05, 3.63) is 27.2 Å². The minimum atomic E-state index is -0.229. The van der Waals surface area contributed by atoms with Gasteiger partial charge in [-0.3, -0.25) is 4.79 Å². The Kier molecular flexibility index (Phi) is 3.94. The van der Waals surface area contributed by atoms with Crippen molar-refractivity contribution in [2.24, 2.45) is 0 Å². The van der Waals surface area contributed by atoms with Crippen LogP contribution in [0.1, 0.15) is 50.4 Å². The molecule has 0 aliphatic carbocycles. The number of pyridine rings is 1. The predicted molar refractivity (Wildman–Crippen MR) is 104 cm³/mol. The van der Waals surface area contributed by atoms with Gasteiger partial charge in [-0.15, -0.1) is 11.3 Å². The lowest BCUT2D eigenvalue weighted by atomic mass is 9.87. The fourth-order valence-electron chi connectivity index (χ4n) is 3.46. The van der Waals surface area contributed by atoms with Crippen LogP contribution in [-0.4, -0.2) is 26.8 Å². The fraction of sp³-hybridized carbons (Fsp3) is 0.500. The van der Waals surface area contributed by atoms with E-state index >= 15 is 0 Å². The summed E-state index contributed by atoms with van der Waals surface area (Å²) >= 11 is 2.89. The molecule has 0 spiro atoms. The minimum Gasteiger partial charge on any atom is -0.370 e. The van der Waals surface area contributed by atoms with Crippen LogP contribution in [0.3, 0.4) is 0 Å². The molecule has 1 aliphatic rings. The number of thioether (sulfide) groups is 1. The SMILES string of the molecule is CSc1nc2c(sc3nc(C(C)C)c4c(c32)CC(C)(C)OC4)c(=O)[nH]1. The van der Waals surface area contributed by atoms with Crippen molar-refractivity contribution in [2.45, 2.75) is 57.4 Å². The molecule has 1 N–H and O–H groups in total. The third kappa shape index (κ3) is 2.69. The van der Waals surface area contributed by atoms with Gasteiger partial charge in [0.05, 0.1) is 23.4 Å². The Morgan fingerprint density at radius 2 is 2.04 bits per heavy atom. The molecule has 132 valence electrons. The van der Waals surface area contributed by atoms with Crippen LogP contribution in [-0.2, 0) is 17.8 Å². The highest BCUT2D eigenvalue weighted by molar-refractivity contribution is 7.98. The highest BCUT2D eigenvalue weighted by Crippen LogP contribution is 2.41. The number of aromatic nitrogens is 3. The van der Waals surface area contributed by atoms with E-state index in [1.54, 1.807) is 0 Å². The standard InChI is InChI=1S/C18H21N3O2S2/c1-8(2)12-10-7-23-18(3,4)6-9(10)11-13-14(25-16(11)19-12)15(22)21-17(20-13)24-5/h8H,6-7H2,1-5H3,(H,20,21,22). The number of fused-ring (bicyclic) bond motifs is 5. The lowest BCUT2D eigenvalue weighted by Gasteiger charge is -2.33. The van der Waals surface area contributed by atoms with Crippen LogP contribution in [0.4, 0.5) is 0 Å². The summed E-state index contributed by atoms with van der Waals surface area (Å²) in [4.78, 5) is 25.9. The van der Waals surface area contributed by atoms with Gasteiger partial charge >= 0.3 is 0 Å². The van der Waals surface area contributed by atoms with Crippen LogP contribution >= 0.6 is 23.1 Å². The van der Waals surface area contributed by atoms with E-state index < -0.39 is 0 Å². The molecule has 0 saturated carbocycles. The maximum Gasteiger partial charge on any atom is 0.269 e. The summed E-state index contributed by atoms with van der Waals surface area (Å²) in [5, 5.41) is 1.68. The van der Waals surface area contributed by atoms with Crippen molar-refractivity contribution < 1.29 is 4.74 Å². The van der Waals surface area contributed by atoms with Crippen molar-refractivity contribution in [2.75, 3.05) is 6.26 Å². The van der Waals surface area contributed by atoms with E-state index in [9.17, 15) is 4.79 Å². The zero-order chi connectivity index (χ0) is 17.9. The van der Waals surface area contributed by atoms with Crippen LogP contribution in [0.15, 0.2) is 9.95 Å². The molecule has 0 fully saturated rings. The second-order valence-corrected chi connectivity index (χ2v) is 9.16. The molecule has 0 saturated heterocycles. The lowest BCUT2D eigenvalue weighted by Crippen LogP contribution is -2.33. The number of rotatable bonds is 2. The monoisotopic (exact) mass is 375 g/mol. The van der Waals surface area contributed by atoms with Crippen LogP contribution in [0.25, 0.3) is 20.4 Å². The zero-order valence-corrected chi connectivity index (χ0v) is 16.7. The van der Waals surface area contributed by atoms with Crippen molar-refractivity contribution in [3.63, 3.8) is 0 Å². The highest BCUT2D eigenvalue weighted by Gasteiger charge is 2.32. The van der Waals surface area contributed by atoms with E-state index in [1.165, 1.54) is 34.2 Å². The van der Waals surface area contributed by atoms with Crippen molar-refractivity contribution >= 4 is 43.5 Å². The molecule has 0 amide bonds. The third-order valence-electron chi connectivity index (χ3n) is 4.65. The average Bonchev–Trinajstić information content (AvgIpc) is 2.92. The molecule has 1 aliphatic heterocycles. The van der Waals surface area contributed by atoms with Crippen LogP contribution in [0.5, 0.6) is 0 Å². The predicted octanol–water partition coefficient (Wildman–Crippen LogP) is 4.23. The van der Waals surface area contributed by atoms with Gasteiger partial charge in [0.2, 0.25) is 0 Å². The lowest BCUT2D eigenvalue weighted by molar-refractivity contribution is -0.0402. The minimum absolute atomic E-state index is 0.0801. The summed E-state index contributed by atoms with van der Waals surface area (Å²) in [6, 6.07) is 0. The summed E-state index contributed by atoms with van der Waals surface area (Å²) in [5.41, 5.74) is 3.97. The van der Waals surface area contributed by atoms with Gasteiger partial charge < -0.3 is 9.72 Å².